The number of piperazine rings is 1. The molecule has 1 fully saturated rings. The minimum atomic E-state index is -1.20. The van der Waals surface area contributed by atoms with Crippen molar-refractivity contribution in [3.63, 3.8) is 0 Å². The minimum Gasteiger partial charge on any atom is -0.496 e. The van der Waals surface area contributed by atoms with Gasteiger partial charge in [-0.3, -0.25) is 24.2 Å². The van der Waals surface area contributed by atoms with Crippen molar-refractivity contribution in [1.82, 2.24) is 29.7 Å². The molecule has 0 bridgehead atoms. The van der Waals surface area contributed by atoms with E-state index in [0.29, 0.717) is 13.2 Å². The molecule has 1 aliphatic rings. The molecule has 17 heteroatoms. The number of amides is 1. The van der Waals surface area contributed by atoms with Crippen molar-refractivity contribution < 1.29 is 34.1 Å². The van der Waals surface area contributed by atoms with Crippen LogP contribution in [0.4, 0.5) is 11.8 Å². The number of nitrogens with one attached hydrogen (secondary N) is 2. The van der Waals surface area contributed by atoms with Gasteiger partial charge in [0.15, 0.2) is 5.82 Å². The number of rotatable bonds is 23. The standard InChI is InChI=1S/C35H53N9O7S/c1-3-4-5-9-38-32-31-27(40-35(37)41-32)8-11-44(31)22-25-7-6-24(19-28(25)50-2)21-43-14-12-42(13-15-43)16-18-51-17-10-39-33(47)29(20-30(45)46)52-23-26(36)34(48)49/h6-8,11,19,26,29H,3-5,9-10,12-18,20-23,36H2,1-2H3,(H,39,47)(H,45,46)(H,48,49)(H3,37,38,40,41)/t26-,29+/m0/s1. The van der Waals surface area contributed by atoms with Crippen LogP contribution in [-0.4, -0.2) is 136 Å². The summed E-state index contributed by atoms with van der Waals surface area (Å²) in [7, 11) is 1.70. The zero-order chi connectivity index (χ0) is 37.5. The second kappa shape index (κ2) is 20.8. The molecule has 4 rings (SSSR count). The first kappa shape index (κ1) is 40.6. The smallest absolute Gasteiger partial charge is 0.321 e. The number of hydrogen-bond acceptors (Lipinski definition) is 13. The van der Waals surface area contributed by atoms with E-state index in [2.05, 4.69) is 60.1 Å². The van der Waals surface area contributed by atoms with Crippen LogP contribution in [0.15, 0.2) is 30.5 Å². The van der Waals surface area contributed by atoms with E-state index in [4.69, 9.17) is 31.2 Å². The van der Waals surface area contributed by atoms with Gasteiger partial charge in [0.05, 0.1) is 44.1 Å². The van der Waals surface area contributed by atoms with Crippen molar-refractivity contribution in [3.8, 4) is 5.75 Å². The quantitative estimate of drug-likeness (QED) is 0.0764. The van der Waals surface area contributed by atoms with E-state index in [1.807, 2.05) is 12.3 Å². The third-order valence-corrected chi connectivity index (χ3v) is 10.1. The van der Waals surface area contributed by atoms with Gasteiger partial charge >= 0.3 is 11.9 Å². The number of benzene rings is 1. The number of thioether (sulfide) groups is 1. The summed E-state index contributed by atoms with van der Waals surface area (Å²) < 4.78 is 13.7. The second-order valence-corrected chi connectivity index (χ2v) is 14.0. The van der Waals surface area contributed by atoms with Crippen LogP contribution in [0, 0.1) is 0 Å². The highest BCUT2D eigenvalue weighted by Gasteiger charge is 2.25. The number of methoxy groups -OCH3 is 1. The van der Waals surface area contributed by atoms with Gasteiger partial charge in [-0.1, -0.05) is 31.9 Å². The molecule has 2 atom stereocenters. The molecule has 1 aliphatic heterocycles. The number of fused-ring (bicyclic) bond motifs is 1. The molecular formula is C35H53N9O7S. The molecule has 0 radical (unpaired) electrons. The molecule has 0 aliphatic carbocycles. The maximum Gasteiger partial charge on any atom is 0.321 e. The van der Waals surface area contributed by atoms with E-state index in [1.165, 1.54) is 5.56 Å². The van der Waals surface area contributed by atoms with Gasteiger partial charge in [0.1, 0.15) is 17.3 Å². The van der Waals surface area contributed by atoms with Gasteiger partial charge in [-0.2, -0.15) is 4.98 Å². The number of anilines is 2. The maximum absolute atomic E-state index is 12.5. The number of unbranched alkanes of at least 4 members (excludes halogenated alkanes) is 2. The fourth-order valence-electron chi connectivity index (χ4n) is 5.93. The molecule has 0 spiro atoms. The summed E-state index contributed by atoms with van der Waals surface area (Å²) in [6.07, 6.45) is 4.94. The van der Waals surface area contributed by atoms with Crippen LogP contribution in [0.5, 0.6) is 5.75 Å². The predicted octanol–water partition coefficient (Wildman–Crippen LogP) is 1.91. The minimum absolute atomic E-state index is 0.0662. The normalized spacial score (nSPS) is 15.0. The van der Waals surface area contributed by atoms with Gasteiger partial charge < -0.3 is 46.4 Å². The Hall–Kier alpha value is -4.16. The lowest BCUT2D eigenvalue weighted by molar-refractivity contribution is -0.138. The van der Waals surface area contributed by atoms with E-state index in [1.54, 1.807) is 7.11 Å². The number of nitrogens with zero attached hydrogens (tertiary/aromatic N) is 5. The SMILES string of the molecule is CCCCCNc1nc(N)nc2ccn(Cc3ccc(CN4CCN(CCOCCNC(=O)[C@@H](CC(=O)O)SC[C@H](N)C(=O)O)CC4)cc3OC)c12. The first-order chi connectivity index (χ1) is 25.1. The molecule has 16 nitrogen and oxygen atoms in total. The van der Waals surface area contributed by atoms with Crippen molar-refractivity contribution in [2.45, 2.75) is 57.0 Å². The number of carboxylic acids is 2. The van der Waals surface area contributed by atoms with Gasteiger partial charge in [0, 0.05) is 69.9 Å². The highest BCUT2D eigenvalue weighted by molar-refractivity contribution is 8.00. The van der Waals surface area contributed by atoms with E-state index in [-0.39, 0.29) is 24.9 Å². The summed E-state index contributed by atoms with van der Waals surface area (Å²) >= 11 is 0.922. The molecule has 0 saturated carbocycles. The average Bonchev–Trinajstić information content (AvgIpc) is 3.52. The highest BCUT2D eigenvalue weighted by atomic mass is 32.2. The summed E-state index contributed by atoms with van der Waals surface area (Å²) in [6, 6.07) is 7.19. The number of ether oxygens (including phenoxy) is 2. The number of nitrogen functional groups attached to an aromatic ring is 1. The molecule has 1 amide bonds. The number of hydrogen-bond donors (Lipinski definition) is 6. The third kappa shape index (κ3) is 12.5. The van der Waals surface area contributed by atoms with E-state index in [9.17, 15) is 14.4 Å². The number of carboxylic acid groups (broad SMARTS) is 2. The molecule has 52 heavy (non-hydrogen) atoms. The Kier molecular flexibility index (Phi) is 16.2. The van der Waals surface area contributed by atoms with E-state index >= 15 is 0 Å². The molecule has 3 heterocycles. The molecular weight excluding hydrogens is 691 g/mol. The van der Waals surface area contributed by atoms with Crippen LogP contribution in [0.2, 0.25) is 0 Å². The van der Waals surface area contributed by atoms with Crippen molar-refractivity contribution >= 4 is 52.4 Å². The Morgan fingerprint density at radius 3 is 2.50 bits per heavy atom. The van der Waals surface area contributed by atoms with Gasteiger partial charge in [0.2, 0.25) is 11.9 Å². The van der Waals surface area contributed by atoms with Crippen molar-refractivity contribution in [2.75, 3.05) is 82.9 Å². The van der Waals surface area contributed by atoms with Crippen LogP contribution in [-0.2, 0) is 32.2 Å². The van der Waals surface area contributed by atoms with Crippen LogP contribution in [0.25, 0.3) is 11.0 Å². The van der Waals surface area contributed by atoms with Crippen molar-refractivity contribution in [1.29, 1.82) is 0 Å². The van der Waals surface area contributed by atoms with E-state index < -0.39 is 35.6 Å². The number of aliphatic carboxylic acids is 2. The maximum atomic E-state index is 12.5. The Labute approximate surface area is 308 Å². The zero-order valence-electron chi connectivity index (χ0n) is 30.1. The molecule has 1 saturated heterocycles. The van der Waals surface area contributed by atoms with Gasteiger partial charge in [-0.25, -0.2) is 4.98 Å². The van der Waals surface area contributed by atoms with Crippen LogP contribution in [0.3, 0.4) is 0 Å². The van der Waals surface area contributed by atoms with Gasteiger partial charge in [-0.15, -0.1) is 11.8 Å². The van der Waals surface area contributed by atoms with Crippen molar-refractivity contribution in [3.05, 3.63) is 41.6 Å². The number of carbonyl (C=O) groups excluding carboxylic acids is 1. The Bertz CT molecular complexity index is 1620. The summed E-state index contributed by atoms with van der Waals surface area (Å²) in [5.41, 5.74) is 15.4. The third-order valence-electron chi connectivity index (χ3n) is 8.81. The first-order valence-electron chi connectivity index (χ1n) is 17.7. The molecule has 0 unspecified atom stereocenters. The van der Waals surface area contributed by atoms with Crippen molar-refractivity contribution in [2.24, 2.45) is 5.73 Å². The number of nitrogens with two attached hydrogens (primary N) is 2. The van der Waals surface area contributed by atoms with E-state index in [0.717, 1.165) is 105 Å². The first-order valence-corrected chi connectivity index (χ1v) is 18.8. The molecule has 286 valence electrons. The lowest BCUT2D eigenvalue weighted by atomic mass is 10.1. The van der Waals surface area contributed by atoms with Crippen LogP contribution < -0.4 is 26.8 Å². The number of aromatic nitrogens is 3. The fraction of sp³-hybridized carbons (Fsp3) is 0.571. The monoisotopic (exact) mass is 743 g/mol. The lowest BCUT2D eigenvalue weighted by Crippen LogP contribution is -2.46. The summed E-state index contributed by atoms with van der Waals surface area (Å²) in [4.78, 5) is 48.3. The molecule has 8 N–H and O–H groups in total. The summed E-state index contributed by atoms with van der Waals surface area (Å²) in [5.74, 6) is -1.07. The zero-order valence-corrected chi connectivity index (χ0v) is 30.9. The van der Waals surface area contributed by atoms with Gasteiger partial charge in [-0.05, 0) is 24.1 Å². The van der Waals surface area contributed by atoms with Crippen LogP contribution in [0.1, 0.15) is 43.7 Å². The molecule has 2 aromatic heterocycles. The van der Waals surface area contributed by atoms with Gasteiger partial charge in [0.25, 0.3) is 0 Å². The molecule has 1 aromatic carbocycles. The topological polar surface area (TPSA) is 223 Å². The average molecular weight is 744 g/mol. The second-order valence-electron chi connectivity index (χ2n) is 12.8. The Morgan fingerprint density at radius 2 is 1.79 bits per heavy atom. The predicted molar refractivity (Wildman–Crippen MR) is 202 cm³/mol. The number of carbonyl (C=O) groups is 3. The molecule has 3 aromatic rings. The van der Waals surface area contributed by atoms with Crippen LogP contribution >= 0.6 is 11.8 Å². The highest BCUT2D eigenvalue weighted by Crippen LogP contribution is 2.27. The summed E-state index contributed by atoms with van der Waals surface area (Å²) in [5, 5.41) is 23.2. The Morgan fingerprint density at radius 1 is 1.02 bits per heavy atom. The largest absolute Gasteiger partial charge is 0.496 e. The lowest BCUT2D eigenvalue weighted by Gasteiger charge is -2.34. The Balaban J connectivity index is 1.19. The fourth-order valence-corrected chi connectivity index (χ4v) is 7.00. The summed E-state index contributed by atoms with van der Waals surface area (Å²) in [6.45, 7) is 9.83.